The van der Waals surface area contributed by atoms with Gasteiger partial charge in [0.1, 0.15) is 5.75 Å². The maximum Gasteiger partial charge on any atom is 0.251 e. The fraction of sp³-hybridized carbons (Fsp3) is 0.500. The van der Waals surface area contributed by atoms with Crippen LogP contribution in [0.3, 0.4) is 0 Å². The van der Waals surface area contributed by atoms with Gasteiger partial charge >= 0.3 is 0 Å². The zero-order valence-electron chi connectivity index (χ0n) is 11.4. The van der Waals surface area contributed by atoms with Crippen molar-refractivity contribution < 1.29 is 14.6 Å². The predicted molar refractivity (Wildman–Crippen MR) is 70.8 cm³/mol. The molecule has 100 valence electrons. The maximum atomic E-state index is 12.0. The van der Waals surface area contributed by atoms with Crippen molar-refractivity contribution in [3.8, 4) is 5.75 Å². The van der Waals surface area contributed by atoms with E-state index in [1.807, 2.05) is 13.8 Å². The number of carbonyl (C=O) groups excluding carboxylic acids is 1. The lowest BCUT2D eigenvalue weighted by Crippen LogP contribution is -2.41. The summed E-state index contributed by atoms with van der Waals surface area (Å²) in [4.78, 5) is 12.0. The van der Waals surface area contributed by atoms with Gasteiger partial charge in [0.15, 0.2) is 0 Å². The third-order valence-corrected chi connectivity index (χ3v) is 2.93. The first-order chi connectivity index (χ1) is 8.45. The van der Waals surface area contributed by atoms with Gasteiger partial charge in [-0.1, -0.05) is 13.8 Å². The smallest absolute Gasteiger partial charge is 0.251 e. The monoisotopic (exact) mass is 251 g/mol. The van der Waals surface area contributed by atoms with Crippen LogP contribution in [0.1, 0.15) is 29.8 Å². The average molecular weight is 251 g/mol. The summed E-state index contributed by atoms with van der Waals surface area (Å²) in [6, 6.07) is 4.80. The number of hydrogen-bond donors (Lipinski definition) is 2. The number of hydrogen-bond acceptors (Lipinski definition) is 3. The van der Waals surface area contributed by atoms with E-state index in [9.17, 15) is 9.90 Å². The third kappa shape index (κ3) is 3.74. The summed E-state index contributed by atoms with van der Waals surface area (Å²) in [5, 5.41) is 12.4. The molecule has 0 saturated carbocycles. The number of phenols is 1. The molecule has 18 heavy (non-hydrogen) atoms. The van der Waals surface area contributed by atoms with Crippen molar-refractivity contribution in [3.63, 3.8) is 0 Å². The highest BCUT2D eigenvalue weighted by molar-refractivity contribution is 5.94. The molecule has 4 heteroatoms. The Kier molecular flexibility index (Phi) is 5.16. The Balaban J connectivity index is 2.77. The Bertz CT molecular complexity index is 416. The molecular formula is C14H21NO3. The van der Waals surface area contributed by atoms with Crippen LogP contribution in [0.4, 0.5) is 0 Å². The number of methoxy groups -OCH3 is 1. The van der Waals surface area contributed by atoms with Crippen molar-refractivity contribution in [2.45, 2.75) is 26.8 Å². The molecule has 0 aliphatic carbocycles. The number of phenolic OH excluding ortho intramolecular Hbond substituents is 1. The second-order valence-corrected chi connectivity index (χ2v) is 4.78. The topological polar surface area (TPSA) is 58.6 Å². The summed E-state index contributed by atoms with van der Waals surface area (Å²) in [5.74, 6) is 0.352. The fourth-order valence-corrected chi connectivity index (χ4v) is 1.63. The molecule has 0 aliphatic rings. The molecule has 1 aromatic carbocycles. The highest BCUT2D eigenvalue weighted by Gasteiger charge is 2.17. The van der Waals surface area contributed by atoms with Crippen LogP contribution in [0, 0.1) is 12.8 Å². The molecule has 0 fully saturated rings. The van der Waals surface area contributed by atoms with E-state index >= 15 is 0 Å². The van der Waals surface area contributed by atoms with Gasteiger partial charge in [-0.2, -0.15) is 0 Å². The quantitative estimate of drug-likeness (QED) is 0.842. The van der Waals surface area contributed by atoms with Gasteiger partial charge in [0.25, 0.3) is 5.91 Å². The Morgan fingerprint density at radius 1 is 1.44 bits per heavy atom. The van der Waals surface area contributed by atoms with Gasteiger partial charge < -0.3 is 15.2 Å². The second kappa shape index (κ2) is 6.40. The average Bonchev–Trinajstić information content (AvgIpc) is 2.31. The lowest BCUT2D eigenvalue weighted by atomic mass is 10.0. The van der Waals surface area contributed by atoms with Crippen LogP contribution in [0.25, 0.3) is 0 Å². The van der Waals surface area contributed by atoms with E-state index in [4.69, 9.17) is 4.74 Å². The van der Waals surface area contributed by atoms with Crippen molar-refractivity contribution in [1.29, 1.82) is 0 Å². The van der Waals surface area contributed by atoms with Gasteiger partial charge in [0.2, 0.25) is 0 Å². The SMILES string of the molecule is COCC(NC(=O)c1ccc(O)c(C)c1)C(C)C. The summed E-state index contributed by atoms with van der Waals surface area (Å²) < 4.78 is 5.09. The summed E-state index contributed by atoms with van der Waals surface area (Å²) in [7, 11) is 1.62. The van der Waals surface area contributed by atoms with Crippen LogP contribution < -0.4 is 5.32 Å². The Hall–Kier alpha value is -1.55. The molecule has 1 rings (SSSR count). The molecule has 1 amide bonds. The van der Waals surface area contributed by atoms with Crippen LogP contribution >= 0.6 is 0 Å². The standard InChI is InChI=1S/C14H21NO3/c1-9(2)12(8-18-4)15-14(17)11-5-6-13(16)10(3)7-11/h5-7,9,12,16H,8H2,1-4H3,(H,15,17). The van der Waals surface area contributed by atoms with Crippen molar-refractivity contribution in [2.75, 3.05) is 13.7 Å². The number of aromatic hydroxyl groups is 1. The highest BCUT2D eigenvalue weighted by atomic mass is 16.5. The van der Waals surface area contributed by atoms with Crippen LogP contribution in [0.2, 0.25) is 0 Å². The molecule has 1 aromatic rings. The molecular weight excluding hydrogens is 230 g/mol. The molecule has 0 aliphatic heterocycles. The van der Waals surface area contributed by atoms with Crippen molar-refractivity contribution >= 4 is 5.91 Å². The van der Waals surface area contributed by atoms with Crippen LogP contribution in [-0.2, 0) is 4.74 Å². The summed E-state index contributed by atoms with van der Waals surface area (Å²) in [5.41, 5.74) is 1.24. The van der Waals surface area contributed by atoms with Gasteiger partial charge in [-0.3, -0.25) is 4.79 Å². The number of nitrogens with one attached hydrogen (secondary N) is 1. The Labute approximate surface area is 108 Å². The lowest BCUT2D eigenvalue weighted by Gasteiger charge is -2.21. The number of benzene rings is 1. The van der Waals surface area contributed by atoms with Gasteiger partial charge in [-0.25, -0.2) is 0 Å². The number of amides is 1. The van der Waals surface area contributed by atoms with E-state index < -0.39 is 0 Å². The number of rotatable bonds is 5. The lowest BCUT2D eigenvalue weighted by molar-refractivity contribution is 0.0866. The van der Waals surface area contributed by atoms with Crippen LogP contribution in [-0.4, -0.2) is 30.8 Å². The molecule has 0 radical (unpaired) electrons. The molecule has 1 atom stereocenters. The van der Waals surface area contributed by atoms with Crippen molar-refractivity contribution in [1.82, 2.24) is 5.32 Å². The molecule has 0 saturated heterocycles. The molecule has 0 heterocycles. The Morgan fingerprint density at radius 2 is 2.11 bits per heavy atom. The van der Waals surface area contributed by atoms with E-state index in [0.29, 0.717) is 23.7 Å². The number of carbonyl (C=O) groups is 1. The zero-order valence-corrected chi connectivity index (χ0v) is 11.4. The minimum absolute atomic E-state index is 0.0170. The summed E-state index contributed by atoms with van der Waals surface area (Å²) in [6.07, 6.45) is 0. The molecule has 1 unspecified atom stereocenters. The van der Waals surface area contributed by atoms with Gasteiger partial charge in [0.05, 0.1) is 12.6 Å². The molecule has 4 nitrogen and oxygen atoms in total. The van der Waals surface area contributed by atoms with Crippen LogP contribution in [0.15, 0.2) is 18.2 Å². The summed E-state index contributed by atoms with van der Waals surface area (Å²) in [6.45, 7) is 6.32. The summed E-state index contributed by atoms with van der Waals surface area (Å²) >= 11 is 0. The van der Waals surface area contributed by atoms with E-state index in [1.54, 1.807) is 26.2 Å². The van der Waals surface area contributed by atoms with Gasteiger partial charge in [-0.05, 0) is 36.6 Å². The molecule has 0 bridgehead atoms. The number of aryl methyl sites for hydroxylation is 1. The Morgan fingerprint density at radius 3 is 2.61 bits per heavy atom. The van der Waals surface area contributed by atoms with Gasteiger partial charge in [-0.15, -0.1) is 0 Å². The minimum atomic E-state index is -0.145. The van der Waals surface area contributed by atoms with E-state index in [0.717, 1.165) is 0 Å². The maximum absolute atomic E-state index is 12.0. The van der Waals surface area contributed by atoms with Crippen molar-refractivity contribution in [2.24, 2.45) is 5.92 Å². The molecule has 0 spiro atoms. The fourth-order valence-electron chi connectivity index (χ4n) is 1.63. The zero-order chi connectivity index (χ0) is 13.7. The van der Waals surface area contributed by atoms with E-state index in [2.05, 4.69) is 5.32 Å². The largest absolute Gasteiger partial charge is 0.508 e. The van der Waals surface area contributed by atoms with E-state index in [-0.39, 0.29) is 17.7 Å². The van der Waals surface area contributed by atoms with Crippen molar-refractivity contribution in [3.05, 3.63) is 29.3 Å². The van der Waals surface area contributed by atoms with E-state index in [1.165, 1.54) is 6.07 Å². The third-order valence-electron chi connectivity index (χ3n) is 2.93. The predicted octanol–water partition coefficient (Wildman–Crippen LogP) is 2.10. The normalized spacial score (nSPS) is 12.5. The molecule has 2 N–H and O–H groups in total. The van der Waals surface area contributed by atoms with Gasteiger partial charge in [0, 0.05) is 12.7 Å². The minimum Gasteiger partial charge on any atom is -0.508 e. The second-order valence-electron chi connectivity index (χ2n) is 4.78. The first-order valence-corrected chi connectivity index (χ1v) is 6.05. The van der Waals surface area contributed by atoms with Crippen LogP contribution in [0.5, 0.6) is 5.75 Å². The molecule has 0 aromatic heterocycles. The first-order valence-electron chi connectivity index (χ1n) is 6.05. The number of ether oxygens (including phenoxy) is 1. The highest BCUT2D eigenvalue weighted by Crippen LogP contribution is 2.17. The first kappa shape index (κ1) is 14.5.